The van der Waals surface area contributed by atoms with Crippen molar-refractivity contribution in [3.63, 3.8) is 0 Å². The van der Waals surface area contributed by atoms with E-state index in [4.69, 9.17) is 10.8 Å². The van der Waals surface area contributed by atoms with Crippen LogP contribution in [-0.2, 0) is 19.1 Å². The molecule has 0 N–H and O–H groups in total. The second-order valence-electron chi connectivity index (χ2n) is 10.4. The van der Waals surface area contributed by atoms with E-state index < -0.39 is 0 Å². The van der Waals surface area contributed by atoms with Crippen molar-refractivity contribution in [2.45, 2.75) is 88.5 Å². The van der Waals surface area contributed by atoms with Crippen LogP contribution < -0.4 is 24.0 Å². The fraction of sp³-hybridized carbons (Fsp3) is 0.929. The van der Waals surface area contributed by atoms with Gasteiger partial charge in [-0.1, -0.05) is 92.4 Å². The third-order valence-corrected chi connectivity index (χ3v) is 11.6. The van der Waals surface area contributed by atoms with E-state index in [1.807, 2.05) is 67.1 Å². The van der Waals surface area contributed by atoms with Crippen molar-refractivity contribution in [1.82, 2.24) is 4.90 Å². The molecule has 2 aliphatic heterocycles. The molecule has 2 fully saturated rings. The van der Waals surface area contributed by atoms with Crippen molar-refractivity contribution in [2.24, 2.45) is 0 Å². The number of ether oxygens (including phenoxy) is 2. The predicted molar refractivity (Wildman–Crippen MR) is 189 cm³/mol. The van der Waals surface area contributed by atoms with E-state index >= 15 is 0 Å². The van der Waals surface area contributed by atoms with Crippen molar-refractivity contribution >= 4 is 77.7 Å². The van der Waals surface area contributed by atoms with Crippen LogP contribution in [0, 0.1) is 0 Å². The molecule has 2 saturated heterocycles. The molecule has 40 heavy (non-hydrogen) atoms. The SMILES string of the molecule is CI.CN(C)CCOC(=O)CCCC[C@@H]1CCSS1.C[N+](C)(C)CCOC(=O)CCCC[C@@H]1CCSS1.[2H]CC.[I-]. The third-order valence-electron chi connectivity index (χ3n) is 5.60. The molecule has 6 nitrogen and oxygen atoms in total. The van der Waals surface area contributed by atoms with E-state index in [0.29, 0.717) is 33.0 Å². The Bertz CT molecular complexity index is 598. The summed E-state index contributed by atoms with van der Waals surface area (Å²) in [4.78, 5) is 26.8. The third kappa shape index (κ3) is 32.6. The molecule has 0 radical (unpaired) electrons. The number of nitrogens with zero attached hydrogens (tertiary/aromatic N) is 2. The number of hydrogen-bond donors (Lipinski definition) is 0. The van der Waals surface area contributed by atoms with Crippen LogP contribution in [0.5, 0.6) is 0 Å². The van der Waals surface area contributed by atoms with Gasteiger partial charge in [0.05, 0.1) is 21.1 Å². The molecule has 2 aliphatic rings. The van der Waals surface area contributed by atoms with Gasteiger partial charge in [-0.2, -0.15) is 0 Å². The number of carbonyl (C=O) groups is 2. The first-order valence-corrected chi connectivity index (χ1v) is 21.0. The Balaban J connectivity index is -0.000000596. The Kier molecular flexibility index (Phi) is 35.2. The Labute approximate surface area is 295 Å². The van der Waals surface area contributed by atoms with E-state index in [-0.39, 0.29) is 35.9 Å². The van der Waals surface area contributed by atoms with Gasteiger partial charge in [0.15, 0.2) is 0 Å². The Morgan fingerprint density at radius 1 is 0.875 bits per heavy atom. The number of esters is 2. The number of halogens is 2. The van der Waals surface area contributed by atoms with Crippen molar-refractivity contribution in [3.8, 4) is 0 Å². The maximum Gasteiger partial charge on any atom is 0.305 e. The highest BCUT2D eigenvalue weighted by Gasteiger charge is 2.17. The summed E-state index contributed by atoms with van der Waals surface area (Å²) in [5.41, 5.74) is 0. The van der Waals surface area contributed by atoms with Crippen LogP contribution in [0.15, 0.2) is 0 Å². The molecule has 242 valence electrons. The summed E-state index contributed by atoms with van der Waals surface area (Å²) in [7, 11) is 18.3. The largest absolute Gasteiger partial charge is 1.00 e. The normalized spacial score (nSPS) is 18.1. The lowest BCUT2D eigenvalue weighted by molar-refractivity contribution is -0.870. The molecule has 0 spiro atoms. The number of hydrogen-bond acceptors (Lipinski definition) is 9. The smallest absolute Gasteiger partial charge is 0.305 e. The number of likely N-dealkylation sites (N-methyl/N-ethyl adjacent to an activating group) is 2. The molecule has 2 atom stereocenters. The summed E-state index contributed by atoms with van der Waals surface area (Å²) in [5.74, 6) is 2.52. The number of carbonyl (C=O) groups excluding carboxylic acids is 2. The van der Waals surface area contributed by atoms with Crippen molar-refractivity contribution in [1.29, 1.82) is 0 Å². The van der Waals surface area contributed by atoms with Crippen LogP contribution in [0.4, 0.5) is 0 Å². The minimum Gasteiger partial charge on any atom is -1.00 e. The molecule has 0 aliphatic carbocycles. The molecular weight excluding hydrogens is 810 g/mol. The molecule has 12 heteroatoms. The molecule has 2 heterocycles. The summed E-state index contributed by atoms with van der Waals surface area (Å²) in [5, 5.41) is 1.65. The van der Waals surface area contributed by atoms with Crippen LogP contribution in [-0.4, -0.2) is 110 Å². The topological polar surface area (TPSA) is 55.8 Å². The van der Waals surface area contributed by atoms with Crippen molar-refractivity contribution in [3.05, 3.63) is 0 Å². The van der Waals surface area contributed by atoms with Gasteiger partial charge in [0, 0.05) is 42.8 Å². The van der Waals surface area contributed by atoms with Gasteiger partial charge in [0.2, 0.25) is 0 Å². The summed E-state index contributed by atoms with van der Waals surface area (Å²) >= 11 is 2.15. The van der Waals surface area contributed by atoms with Gasteiger partial charge in [0.1, 0.15) is 19.8 Å². The fourth-order valence-electron chi connectivity index (χ4n) is 3.33. The first-order valence-electron chi connectivity index (χ1n) is 14.8. The number of unbranched alkanes of at least 4 members (excludes halogenated alkanes) is 2. The maximum absolute atomic E-state index is 11.5. The summed E-state index contributed by atoms with van der Waals surface area (Å²) in [6.45, 7) is 5.03. The highest BCUT2D eigenvalue weighted by molar-refractivity contribution is 14.1. The molecule has 0 saturated carbocycles. The van der Waals surface area contributed by atoms with E-state index in [2.05, 4.69) is 43.7 Å². The van der Waals surface area contributed by atoms with Crippen molar-refractivity contribution < 1.29 is 48.9 Å². The zero-order valence-corrected chi connectivity index (χ0v) is 33.7. The lowest BCUT2D eigenvalue weighted by Gasteiger charge is -2.23. The minimum absolute atomic E-state index is 0. The van der Waals surface area contributed by atoms with Gasteiger partial charge < -0.3 is 42.8 Å². The van der Waals surface area contributed by atoms with E-state index in [0.717, 1.165) is 53.8 Å². The highest BCUT2D eigenvalue weighted by atomic mass is 127. The van der Waals surface area contributed by atoms with E-state index in [1.54, 1.807) is 6.92 Å². The molecule has 0 aromatic heterocycles. The maximum atomic E-state index is 11.5. The van der Waals surface area contributed by atoms with Gasteiger partial charge in [-0.3, -0.25) is 9.59 Å². The molecular formula is C28H58I2N2O4S4. The van der Waals surface area contributed by atoms with Gasteiger partial charge in [-0.25, -0.2) is 0 Å². The quantitative estimate of drug-likeness (QED) is 0.0543. The Hall–Kier alpha value is 1.72. The molecule has 2 rings (SSSR count). The second kappa shape index (κ2) is 32.1. The molecule has 0 amide bonds. The Morgan fingerprint density at radius 2 is 1.30 bits per heavy atom. The predicted octanol–water partition coefficient (Wildman–Crippen LogP) is 4.84. The number of rotatable bonds is 16. The zero-order chi connectivity index (χ0) is 30.7. The standard InChI is InChI=1S/C13H26NO2S2.C12H23NO2S2.C2H6.CH3I.HI/c1-14(2,3)9-10-16-13(15)7-5-4-6-12-8-11-17-18-12;1-13(2)8-9-15-12(14)6-4-3-5-11-7-10-16-17-11;2*1-2;/h12H,4-11H2,1-3H3;11H,3-10H2,1-2H3;1-2H3;1H3;1H/q+1;;;;/p-1/t12-;11-;;;/m11.../s1/i;;1D;;. The summed E-state index contributed by atoms with van der Waals surface area (Å²) in [6, 6.07) is 0. The summed E-state index contributed by atoms with van der Waals surface area (Å²) in [6.07, 6.45) is 10.6. The van der Waals surface area contributed by atoms with Gasteiger partial charge in [-0.15, -0.1) is 0 Å². The van der Waals surface area contributed by atoms with Crippen LogP contribution in [0.2, 0.25) is 0 Å². The lowest BCUT2D eigenvalue weighted by Crippen LogP contribution is -3.00. The van der Waals surface area contributed by atoms with Gasteiger partial charge in [-0.05, 0) is 57.6 Å². The number of alkyl halides is 1. The lowest BCUT2D eigenvalue weighted by atomic mass is 10.1. The molecule has 0 aromatic carbocycles. The molecule has 0 unspecified atom stereocenters. The number of quaternary nitrogens is 1. The van der Waals surface area contributed by atoms with Gasteiger partial charge in [0.25, 0.3) is 0 Å². The average Bonchev–Trinajstić information content (AvgIpc) is 3.60. The fourth-order valence-corrected chi connectivity index (χ4v) is 9.39. The molecule has 0 bridgehead atoms. The monoisotopic (exact) mass is 869 g/mol. The Morgan fingerprint density at radius 3 is 1.65 bits per heavy atom. The second-order valence-corrected chi connectivity index (χ2v) is 16.0. The minimum atomic E-state index is -0.0414. The first-order chi connectivity index (χ1) is 19.1. The van der Waals surface area contributed by atoms with Gasteiger partial charge >= 0.3 is 11.9 Å². The van der Waals surface area contributed by atoms with E-state index in [9.17, 15) is 9.59 Å². The molecule has 0 aromatic rings. The van der Waals surface area contributed by atoms with E-state index in [1.165, 1.54) is 37.2 Å². The van der Waals surface area contributed by atoms with Crippen LogP contribution in [0.1, 0.15) is 79.4 Å². The first kappa shape index (κ1) is 43.8. The average molecular weight is 870 g/mol. The zero-order valence-electron chi connectivity index (χ0n) is 27.1. The van der Waals surface area contributed by atoms with Crippen LogP contribution >= 0.6 is 65.8 Å². The highest BCUT2D eigenvalue weighted by Crippen LogP contribution is 2.40. The van der Waals surface area contributed by atoms with Crippen LogP contribution in [0.25, 0.3) is 0 Å². The van der Waals surface area contributed by atoms with Crippen molar-refractivity contribution in [2.75, 3.05) is 78.0 Å². The summed E-state index contributed by atoms with van der Waals surface area (Å²) < 4.78 is 17.4. The van der Waals surface area contributed by atoms with Crippen LogP contribution in [0.3, 0.4) is 0 Å².